The molecule has 3 aromatic heterocycles. The van der Waals surface area contributed by atoms with E-state index in [9.17, 15) is 9.59 Å². The van der Waals surface area contributed by atoms with Crippen molar-refractivity contribution < 1.29 is 14.3 Å². The number of nitrogens with one attached hydrogen (secondary N) is 1. The summed E-state index contributed by atoms with van der Waals surface area (Å²) < 4.78 is 6.99. The minimum atomic E-state index is -0.998. The molecule has 0 aliphatic rings. The van der Waals surface area contributed by atoms with E-state index in [0.717, 1.165) is 22.6 Å². The first-order valence-electron chi connectivity index (χ1n) is 9.93. The van der Waals surface area contributed by atoms with E-state index in [4.69, 9.17) is 4.74 Å². The van der Waals surface area contributed by atoms with E-state index in [2.05, 4.69) is 20.4 Å². The molecule has 4 aromatic rings. The molecule has 1 atom stereocenters. The molecule has 1 unspecified atom stereocenters. The highest BCUT2D eigenvalue weighted by Gasteiger charge is 2.20. The second-order valence-electron chi connectivity index (χ2n) is 7.18. The fourth-order valence-corrected chi connectivity index (χ4v) is 3.78. The maximum Gasteiger partial charge on any atom is 0.340 e. The van der Waals surface area contributed by atoms with Crippen molar-refractivity contribution in [3.8, 4) is 17.1 Å². The predicted octanol–water partition coefficient (Wildman–Crippen LogP) is 4.19. The van der Waals surface area contributed by atoms with Crippen molar-refractivity contribution in [3.05, 3.63) is 77.1 Å². The first-order valence-corrected chi connectivity index (χ1v) is 10.8. The topological polar surface area (TPSA) is 99.0 Å². The highest BCUT2D eigenvalue weighted by atomic mass is 32.1. The molecule has 0 aliphatic carbocycles. The number of ether oxygens (including phenoxy) is 1. The molecular weight excluding hydrogens is 426 g/mol. The quantitative estimate of drug-likeness (QED) is 0.445. The minimum Gasteiger partial charge on any atom is -0.449 e. The van der Waals surface area contributed by atoms with Crippen LogP contribution in [0.2, 0.25) is 0 Å². The Morgan fingerprint density at radius 1 is 1.12 bits per heavy atom. The van der Waals surface area contributed by atoms with Crippen molar-refractivity contribution in [3.63, 3.8) is 0 Å². The molecule has 0 spiro atoms. The molecule has 3 heterocycles. The first kappa shape index (κ1) is 21.4. The fourth-order valence-electron chi connectivity index (χ4n) is 3.05. The van der Waals surface area contributed by atoms with Crippen LogP contribution >= 0.6 is 11.3 Å². The van der Waals surface area contributed by atoms with Crippen molar-refractivity contribution in [2.75, 3.05) is 5.32 Å². The van der Waals surface area contributed by atoms with Crippen LogP contribution in [0.25, 0.3) is 17.1 Å². The van der Waals surface area contributed by atoms with Crippen molar-refractivity contribution in [2.45, 2.75) is 26.9 Å². The molecular formula is C23H21N5O3S. The first-order chi connectivity index (χ1) is 15.4. The Balaban J connectivity index is 1.36. The number of hydrogen-bond donors (Lipinski definition) is 1. The van der Waals surface area contributed by atoms with Gasteiger partial charge in [0.2, 0.25) is 0 Å². The third-order valence-corrected chi connectivity index (χ3v) is 5.42. The molecule has 0 saturated heterocycles. The van der Waals surface area contributed by atoms with Crippen molar-refractivity contribution >= 4 is 28.3 Å². The van der Waals surface area contributed by atoms with Crippen LogP contribution in [0.4, 0.5) is 5.13 Å². The molecule has 1 amide bonds. The molecule has 0 saturated carbocycles. The third kappa shape index (κ3) is 4.73. The zero-order valence-corrected chi connectivity index (χ0v) is 18.6. The average molecular weight is 448 g/mol. The van der Waals surface area contributed by atoms with E-state index in [1.807, 2.05) is 55.6 Å². The molecule has 1 N–H and O–H groups in total. The Kier molecular flexibility index (Phi) is 6.09. The van der Waals surface area contributed by atoms with Gasteiger partial charge in [0.1, 0.15) is 0 Å². The molecule has 0 radical (unpaired) electrons. The summed E-state index contributed by atoms with van der Waals surface area (Å²) >= 11 is 1.31. The van der Waals surface area contributed by atoms with Crippen LogP contribution < -0.4 is 5.32 Å². The van der Waals surface area contributed by atoms with E-state index in [1.54, 1.807) is 16.8 Å². The lowest BCUT2D eigenvalue weighted by molar-refractivity contribution is -0.123. The molecule has 162 valence electrons. The van der Waals surface area contributed by atoms with Crippen LogP contribution in [0.15, 0.2) is 60.1 Å². The van der Waals surface area contributed by atoms with Crippen molar-refractivity contribution in [1.82, 2.24) is 19.7 Å². The van der Waals surface area contributed by atoms with Crippen LogP contribution in [-0.2, 0) is 9.53 Å². The van der Waals surface area contributed by atoms with Gasteiger partial charge in [-0.1, -0.05) is 30.3 Å². The maximum absolute atomic E-state index is 12.5. The van der Waals surface area contributed by atoms with E-state index in [0.29, 0.717) is 10.9 Å². The number of nitrogens with zero attached hydrogens (tertiary/aromatic N) is 4. The number of anilines is 1. The summed E-state index contributed by atoms with van der Waals surface area (Å²) in [6.07, 6.45) is 0.411. The zero-order chi connectivity index (χ0) is 22.7. The van der Waals surface area contributed by atoms with Crippen molar-refractivity contribution in [2.24, 2.45) is 0 Å². The molecule has 9 heteroatoms. The molecule has 0 fully saturated rings. The zero-order valence-electron chi connectivity index (χ0n) is 17.8. The summed E-state index contributed by atoms with van der Waals surface area (Å²) in [7, 11) is 0. The minimum absolute atomic E-state index is 0.246. The Labute approximate surface area is 188 Å². The Bertz CT molecular complexity index is 1250. The SMILES string of the molecule is Cc1cc(C)n(-c2ccc(C(=O)OC(C)C(=O)Nc3nc(-c4ccccc4)cs3)cn2)n1. The number of thiazole rings is 1. The number of hydrogen-bond acceptors (Lipinski definition) is 7. The standard InChI is InChI=1S/C23H21N5O3S/c1-14-11-15(2)28(27-14)20-10-9-18(12-24-20)22(30)31-16(3)21(29)26-23-25-19(13-32-23)17-7-5-4-6-8-17/h4-13,16H,1-3H3,(H,25,26,29). The van der Waals surface area contributed by atoms with Gasteiger partial charge in [0, 0.05) is 22.8 Å². The van der Waals surface area contributed by atoms with Gasteiger partial charge in [0.15, 0.2) is 17.1 Å². The largest absolute Gasteiger partial charge is 0.449 e. The van der Waals surface area contributed by atoms with Gasteiger partial charge in [-0.15, -0.1) is 11.3 Å². The highest BCUT2D eigenvalue weighted by molar-refractivity contribution is 7.14. The monoisotopic (exact) mass is 447 g/mol. The molecule has 4 rings (SSSR count). The van der Waals surface area contributed by atoms with Crippen LogP contribution in [0, 0.1) is 13.8 Å². The predicted molar refractivity (Wildman–Crippen MR) is 122 cm³/mol. The van der Waals surface area contributed by atoms with Gasteiger partial charge in [-0.05, 0) is 39.0 Å². The Morgan fingerprint density at radius 3 is 2.56 bits per heavy atom. The summed E-state index contributed by atoms with van der Waals surface area (Å²) in [5.74, 6) is -0.500. The van der Waals surface area contributed by atoms with Gasteiger partial charge in [0.05, 0.1) is 17.0 Å². The van der Waals surface area contributed by atoms with Crippen LogP contribution in [0.3, 0.4) is 0 Å². The van der Waals surface area contributed by atoms with Crippen LogP contribution in [0.1, 0.15) is 28.7 Å². The number of rotatable bonds is 6. The molecule has 1 aromatic carbocycles. The van der Waals surface area contributed by atoms with Gasteiger partial charge in [0.25, 0.3) is 5.91 Å². The number of pyridine rings is 1. The van der Waals surface area contributed by atoms with Gasteiger partial charge in [-0.2, -0.15) is 5.10 Å². The normalized spacial score (nSPS) is 11.7. The maximum atomic E-state index is 12.5. The van der Waals surface area contributed by atoms with Crippen molar-refractivity contribution in [1.29, 1.82) is 0 Å². The fraction of sp³-hybridized carbons (Fsp3) is 0.174. The number of amides is 1. The lowest BCUT2D eigenvalue weighted by Crippen LogP contribution is -2.30. The lowest BCUT2D eigenvalue weighted by Gasteiger charge is -2.12. The molecule has 32 heavy (non-hydrogen) atoms. The van der Waals surface area contributed by atoms with Gasteiger partial charge >= 0.3 is 5.97 Å². The van der Waals surface area contributed by atoms with Crippen LogP contribution in [0.5, 0.6) is 0 Å². The Hall–Kier alpha value is -3.85. The number of aromatic nitrogens is 4. The number of carbonyl (C=O) groups excluding carboxylic acids is 2. The van der Waals surface area contributed by atoms with E-state index < -0.39 is 18.0 Å². The smallest absolute Gasteiger partial charge is 0.340 e. The number of carbonyl (C=O) groups is 2. The second kappa shape index (κ2) is 9.11. The third-order valence-electron chi connectivity index (χ3n) is 4.67. The summed E-state index contributed by atoms with van der Waals surface area (Å²) in [6.45, 7) is 5.34. The van der Waals surface area contributed by atoms with E-state index in [-0.39, 0.29) is 5.56 Å². The molecule has 8 nitrogen and oxygen atoms in total. The number of aryl methyl sites for hydroxylation is 2. The van der Waals surface area contributed by atoms with Gasteiger partial charge in [-0.3, -0.25) is 10.1 Å². The summed E-state index contributed by atoms with van der Waals surface area (Å²) in [4.78, 5) is 33.6. The van der Waals surface area contributed by atoms with Gasteiger partial charge in [-0.25, -0.2) is 19.4 Å². The summed E-state index contributed by atoms with van der Waals surface area (Å²) in [5.41, 5.74) is 3.79. The molecule has 0 aliphatic heterocycles. The number of benzene rings is 1. The average Bonchev–Trinajstić information content (AvgIpc) is 3.40. The summed E-state index contributed by atoms with van der Waals surface area (Å²) in [5, 5.41) is 9.36. The van der Waals surface area contributed by atoms with E-state index in [1.165, 1.54) is 24.5 Å². The van der Waals surface area contributed by atoms with Gasteiger partial charge < -0.3 is 4.74 Å². The highest BCUT2D eigenvalue weighted by Crippen LogP contribution is 2.24. The van der Waals surface area contributed by atoms with Crippen LogP contribution in [-0.4, -0.2) is 37.7 Å². The Morgan fingerprint density at radius 2 is 1.91 bits per heavy atom. The second-order valence-corrected chi connectivity index (χ2v) is 8.04. The lowest BCUT2D eigenvalue weighted by atomic mass is 10.2. The van der Waals surface area contributed by atoms with E-state index >= 15 is 0 Å². The molecule has 0 bridgehead atoms. The number of esters is 1. The summed E-state index contributed by atoms with van der Waals surface area (Å²) in [6, 6.07) is 14.9.